The van der Waals surface area contributed by atoms with Gasteiger partial charge in [0.25, 0.3) is 0 Å². The number of pyridine rings is 1. The van der Waals surface area contributed by atoms with E-state index in [4.69, 9.17) is 23.2 Å². The summed E-state index contributed by atoms with van der Waals surface area (Å²) < 4.78 is 0. The molecule has 1 aromatic carbocycles. The fourth-order valence-corrected chi connectivity index (χ4v) is 2.47. The Morgan fingerprint density at radius 1 is 1.16 bits per heavy atom. The van der Waals surface area contributed by atoms with Crippen LogP contribution in [-0.4, -0.2) is 10.1 Å². The number of halogens is 2. The number of aliphatic hydroxyl groups is 1. The summed E-state index contributed by atoms with van der Waals surface area (Å²) in [5.41, 5.74) is 3.43. The van der Waals surface area contributed by atoms with E-state index in [1.165, 1.54) is 0 Å². The summed E-state index contributed by atoms with van der Waals surface area (Å²) in [6.45, 7) is 3.82. The minimum absolute atomic E-state index is 0.422. The van der Waals surface area contributed by atoms with E-state index < -0.39 is 6.10 Å². The molecule has 0 aliphatic rings. The first-order valence-electron chi connectivity index (χ1n) is 6.04. The summed E-state index contributed by atoms with van der Waals surface area (Å²) in [6.07, 6.45) is -0.214. The van der Waals surface area contributed by atoms with Crippen molar-refractivity contribution < 1.29 is 5.11 Å². The second-order valence-corrected chi connectivity index (χ2v) is 5.35. The third kappa shape index (κ3) is 3.27. The molecule has 4 heteroatoms. The number of aliphatic hydroxyl groups excluding tert-OH is 1. The van der Waals surface area contributed by atoms with Crippen LogP contribution in [0, 0.1) is 13.8 Å². The maximum Gasteiger partial charge on any atom is 0.0848 e. The Balaban J connectivity index is 2.25. The highest BCUT2D eigenvalue weighted by Crippen LogP contribution is 2.29. The second kappa shape index (κ2) is 5.91. The molecule has 2 aromatic rings. The quantitative estimate of drug-likeness (QED) is 0.917. The van der Waals surface area contributed by atoms with Gasteiger partial charge in [-0.15, -0.1) is 0 Å². The van der Waals surface area contributed by atoms with Gasteiger partial charge in [-0.2, -0.15) is 0 Å². The van der Waals surface area contributed by atoms with Crippen LogP contribution in [0.5, 0.6) is 0 Å². The number of hydrogen-bond acceptors (Lipinski definition) is 2. The number of nitrogens with zero attached hydrogens (tertiary/aromatic N) is 1. The van der Waals surface area contributed by atoms with Gasteiger partial charge in [0.2, 0.25) is 0 Å². The van der Waals surface area contributed by atoms with Gasteiger partial charge in [-0.1, -0.05) is 41.4 Å². The number of benzene rings is 1. The van der Waals surface area contributed by atoms with E-state index in [1.807, 2.05) is 38.1 Å². The van der Waals surface area contributed by atoms with Gasteiger partial charge in [0.05, 0.1) is 16.1 Å². The molecule has 1 N–H and O–H groups in total. The SMILES string of the molecule is Cc1ccc(C(O)Cc2cccc(Cl)c2Cl)c(C)n1. The summed E-state index contributed by atoms with van der Waals surface area (Å²) in [4.78, 5) is 4.36. The van der Waals surface area contributed by atoms with Crippen LogP contribution in [0.25, 0.3) is 0 Å². The van der Waals surface area contributed by atoms with E-state index in [2.05, 4.69) is 4.98 Å². The zero-order valence-electron chi connectivity index (χ0n) is 10.8. The molecule has 100 valence electrons. The zero-order chi connectivity index (χ0) is 14.0. The average Bonchev–Trinajstić information content (AvgIpc) is 2.34. The van der Waals surface area contributed by atoms with Crippen molar-refractivity contribution in [2.45, 2.75) is 26.4 Å². The Kier molecular flexibility index (Phi) is 4.46. The van der Waals surface area contributed by atoms with Crippen molar-refractivity contribution in [1.29, 1.82) is 0 Å². The van der Waals surface area contributed by atoms with Crippen molar-refractivity contribution in [3.8, 4) is 0 Å². The molecule has 0 spiro atoms. The first kappa shape index (κ1) is 14.3. The fraction of sp³-hybridized carbons (Fsp3) is 0.267. The van der Waals surface area contributed by atoms with Gasteiger partial charge in [0.15, 0.2) is 0 Å². The van der Waals surface area contributed by atoms with Crippen molar-refractivity contribution in [1.82, 2.24) is 4.98 Å². The summed E-state index contributed by atoms with van der Waals surface area (Å²) in [5.74, 6) is 0. The minimum Gasteiger partial charge on any atom is -0.388 e. The Hall–Kier alpha value is -1.09. The van der Waals surface area contributed by atoms with Crippen molar-refractivity contribution in [3.63, 3.8) is 0 Å². The number of rotatable bonds is 3. The van der Waals surface area contributed by atoms with Crippen LogP contribution in [-0.2, 0) is 6.42 Å². The number of hydrogen-bond donors (Lipinski definition) is 1. The highest BCUT2D eigenvalue weighted by Gasteiger charge is 2.14. The molecule has 2 rings (SSSR count). The minimum atomic E-state index is -0.635. The first-order valence-corrected chi connectivity index (χ1v) is 6.79. The van der Waals surface area contributed by atoms with Gasteiger partial charge in [-0.05, 0) is 31.5 Å². The molecule has 0 radical (unpaired) electrons. The van der Waals surface area contributed by atoms with Crippen molar-refractivity contribution in [3.05, 3.63) is 62.9 Å². The highest BCUT2D eigenvalue weighted by molar-refractivity contribution is 6.42. The van der Waals surface area contributed by atoms with Gasteiger partial charge in [0.1, 0.15) is 0 Å². The standard InChI is InChI=1S/C15H15Cl2NO/c1-9-6-7-12(10(2)18-9)14(19)8-11-4-3-5-13(16)15(11)17/h3-7,14,19H,8H2,1-2H3. The zero-order valence-corrected chi connectivity index (χ0v) is 12.3. The molecule has 0 amide bonds. The molecular weight excluding hydrogens is 281 g/mol. The predicted octanol–water partition coefficient (Wildman–Crippen LogP) is 4.28. The fourth-order valence-electron chi connectivity index (χ4n) is 2.07. The van der Waals surface area contributed by atoms with Crippen molar-refractivity contribution in [2.24, 2.45) is 0 Å². The molecule has 1 aromatic heterocycles. The van der Waals surface area contributed by atoms with E-state index in [0.29, 0.717) is 16.5 Å². The maximum absolute atomic E-state index is 10.3. The average molecular weight is 296 g/mol. The lowest BCUT2D eigenvalue weighted by atomic mass is 10.00. The summed E-state index contributed by atoms with van der Waals surface area (Å²) >= 11 is 12.1. The molecular formula is C15H15Cl2NO. The third-order valence-electron chi connectivity index (χ3n) is 3.07. The molecule has 19 heavy (non-hydrogen) atoms. The van der Waals surface area contributed by atoms with Gasteiger partial charge in [-0.25, -0.2) is 0 Å². The van der Waals surface area contributed by atoms with E-state index in [0.717, 1.165) is 22.5 Å². The van der Waals surface area contributed by atoms with Gasteiger partial charge in [-0.3, -0.25) is 4.98 Å². The van der Waals surface area contributed by atoms with E-state index >= 15 is 0 Å². The lowest BCUT2D eigenvalue weighted by molar-refractivity contribution is 0.177. The van der Waals surface area contributed by atoms with Gasteiger partial charge in [0, 0.05) is 23.4 Å². The first-order chi connectivity index (χ1) is 8.99. The van der Waals surface area contributed by atoms with E-state index in [1.54, 1.807) is 6.07 Å². The van der Waals surface area contributed by atoms with E-state index in [9.17, 15) is 5.11 Å². The van der Waals surface area contributed by atoms with Crippen LogP contribution in [0.4, 0.5) is 0 Å². The second-order valence-electron chi connectivity index (χ2n) is 4.56. The van der Waals surface area contributed by atoms with Crippen LogP contribution in [0.2, 0.25) is 10.0 Å². The maximum atomic E-state index is 10.3. The summed E-state index contributed by atoms with van der Waals surface area (Å²) in [6, 6.07) is 9.23. The Bertz CT molecular complexity index is 599. The normalized spacial score (nSPS) is 12.5. The van der Waals surface area contributed by atoms with Crippen molar-refractivity contribution in [2.75, 3.05) is 0 Å². The molecule has 0 saturated heterocycles. The Morgan fingerprint density at radius 3 is 2.58 bits per heavy atom. The van der Waals surface area contributed by atoms with Gasteiger partial charge >= 0.3 is 0 Å². The summed E-state index contributed by atoms with van der Waals surface area (Å²) in [5, 5.41) is 11.3. The molecule has 0 aliphatic heterocycles. The lowest BCUT2D eigenvalue weighted by Crippen LogP contribution is -2.06. The summed E-state index contributed by atoms with van der Waals surface area (Å²) in [7, 11) is 0. The van der Waals surface area contributed by atoms with Crippen LogP contribution in [0.1, 0.15) is 28.6 Å². The molecule has 0 aliphatic carbocycles. The largest absolute Gasteiger partial charge is 0.388 e. The van der Waals surface area contributed by atoms with Crippen LogP contribution < -0.4 is 0 Å². The monoisotopic (exact) mass is 295 g/mol. The van der Waals surface area contributed by atoms with Gasteiger partial charge < -0.3 is 5.11 Å². The predicted molar refractivity (Wildman–Crippen MR) is 78.8 cm³/mol. The third-order valence-corrected chi connectivity index (χ3v) is 3.93. The number of aryl methyl sites for hydroxylation is 2. The van der Waals surface area contributed by atoms with Crippen LogP contribution in [0.15, 0.2) is 30.3 Å². The van der Waals surface area contributed by atoms with Crippen LogP contribution in [0.3, 0.4) is 0 Å². The van der Waals surface area contributed by atoms with Crippen molar-refractivity contribution >= 4 is 23.2 Å². The number of aromatic nitrogens is 1. The molecule has 0 fully saturated rings. The lowest BCUT2D eigenvalue weighted by Gasteiger charge is -2.15. The molecule has 1 atom stereocenters. The smallest absolute Gasteiger partial charge is 0.0848 e. The highest BCUT2D eigenvalue weighted by atomic mass is 35.5. The Morgan fingerprint density at radius 2 is 1.89 bits per heavy atom. The molecule has 0 saturated carbocycles. The topological polar surface area (TPSA) is 33.1 Å². The molecule has 0 bridgehead atoms. The molecule has 1 unspecified atom stereocenters. The molecule has 2 nitrogen and oxygen atoms in total. The molecule has 1 heterocycles. The Labute approximate surface area is 123 Å². The van der Waals surface area contributed by atoms with Crippen LogP contribution >= 0.6 is 23.2 Å². The van der Waals surface area contributed by atoms with E-state index in [-0.39, 0.29) is 0 Å².